The van der Waals surface area contributed by atoms with Crippen LogP contribution in [0.1, 0.15) is 40.2 Å². The Hall–Kier alpha value is -1.42. The summed E-state index contributed by atoms with van der Waals surface area (Å²) in [6.45, 7) is 9.77. The average Bonchev–Trinajstić information content (AvgIpc) is 2.27. The molecule has 0 aliphatic carbocycles. The van der Waals surface area contributed by atoms with Crippen LogP contribution in [0.3, 0.4) is 0 Å². The number of hydrogen-bond acceptors (Lipinski definition) is 3. The maximum Gasteiger partial charge on any atom is 0.410 e. The summed E-state index contributed by atoms with van der Waals surface area (Å²) >= 11 is 6.15. The number of amides is 1. The van der Waals surface area contributed by atoms with Crippen LogP contribution in [0.5, 0.6) is 0 Å². The second-order valence-electron chi connectivity index (χ2n) is 6.05. The summed E-state index contributed by atoms with van der Waals surface area (Å²) in [7, 11) is 0. The number of carbonyl (C=O) groups excluding carboxylic acids is 1. The molecular formula is C15H23ClN2O2. The largest absolute Gasteiger partial charge is 0.444 e. The highest BCUT2D eigenvalue weighted by Crippen LogP contribution is 2.22. The number of carbonyl (C=O) groups is 1. The van der Waals surface area contributed by atoms with E-state index in [9.17, 15) is 4.79 Å². The summed E-state index contributed by atoms with van der Waals surface area (Å²) in [5.74, 6) is 0. The molecule has 0 aliphatic rings. The summed E-state index contributed by atoms with van der Waals surface area (Å²) in [5, 5.41) is 0.591. The van der Waals surface area contributed by atoms with Gasteiger partial charge in [-0.2, -0.15) is 0 Å². The van der Waals surface area contributed by atoms with Gasteiger partial charge < -0.3 is 15.4 Å². The second-order valence-corrected chi connectivity index (χ2v) is 6.46. The minimum Gasteiger partial charge on any atom is -0.444 e. The molecule has 1 rings (SSSR count). The Balaban J connectivity index is 2.93. The molecule has 0 radical (unpaired) electrons. The van der Waals surface area contributed by atoms with Crippen LogP contribution in [0.25, 0.3) is 0 Å². The molecule has 0 unspecified atom stereocenters. The van der Waals surface area contributed by atoms with Crippen molar-refractivity contribution in [3.8, 4) is 0 Å². The average molecular weight is 299 g/mol. The lowest BCUT2D eigenvalue weighted by Gasteiger charge is -2.30. The first-order valence-electron chi connectivity index (χ1n) is 6.63. The lowest BCUT2D eigenvalue weighted by atomic mass is 10.1. The minimum atomic E-state index is -0.524. The smallest absolute Gasteiger partial charge is 0.410 e. The van der Waals surface area contributed by atoms with Gasteiger partial charge in [-0.15, -0.1) is 0 Å². The zero-order valence-electron chi connectivity index (χ0n) is 12.7. The van der Waals surface area contributed by atoms with Gasteiger partial charge in [0, 0.05) is 16.8 Å². The van der Waals surface area contributed by atoms with Crippen molar-refractivity contribution >= 4 is 23.4 Å². The van der Waals surface area contributed by atoms with Crippen LogP contribution in [0, 0.1) is 0 Å². The van der Waals surface area contributed by atoms with Crippen LogP contribution in [-0.2, 0) is 11.3 Å². The predicted octanol–water partition coefficient (Wildman–Crippen LogP) is 4.07. The van der Waals surface area contributed by atoms with Crippen LogP contribution in [0.15, 0.2) is 18.2 Å². The molecule has 1 aromatic carbocycles. The fraction of sp³-hybridized carbons (Fsp3) is 0.533. The van der Waals surface area contributed by atoms with Crippen LogP contribution >= 0.6 is 11.6 Å². The van der Waals surface area contributed by atoms with Crippen molar-refractivity contribution in [2.45, 2.75) is 52.8 Å². The molecule has 5 heteroatoms. The Labute approximate surface area is 125 Å². The van der Waals surface area contributed by atoms with Crippen molar-refractivity contribution in [2.75, 3.05) is 5.73 Å². The fourth-order valence-electron chi connectivity index (χ4n) is 1.68. The van der Waals surface area contributed by atoms with Gasteiger partial charge in [0.15, 0.2) is 0 Å². The van der Waals surface area contributed by atoms with Crippen molar-refractivity contribution in [1.82, 2.24) is 4.90 Å². The van der Waals surface area contributed by atoms with Gasteiger partial charge in [-0.05, 0) is 58.4 Å². The SMILES string of the molecule is CC(C)N(Cc1cc(N)ccc1Cl)C(=O)OC(C)(C)C. The van der Waals surface area contributed by atoms with E-state index in [2.05, 4.69) is 0 Å². The number of nitrogen functional groups attached to an aromatic ring is 1. The van der Waals surface area contributed by atoms with Gasteiger partial charge in [0.2, 0.25) is 0 Å². The van der Waals surface area contributed by atoms with Gasteiger partial charge in [-0.3, -0.25) is 0 Å². The lowest BCUT2D eigenvalue weighted by molar-refractivity contribution is 0.0172. The number of ether oxygens (including phenoxy) is 1. The van der Waals surface area contributed by atoms with Gasteiger partial charge >= 0.3 is 6.09 Å². The van der Waals surface area contributed by atoms with Crippen molar-refractivity contribution in [3.05, 3.63) is 28.8 Å². The first kappa shape index (κ1) is 16.6. The van der Waals surface area contributed by atoms with Crippen molar-refractivity contribution < 1.29 is 9.53 Å². The Morgan fingerprint density at radius 3 is 2.50 bits per heavy atom. The molecule has 0 aliphatic heterocycles. The van der Waals surface area contributed by atoms with E-state index in [1.54, 1.807) is 23.1 Å². The highest BCUT2D eigenvalue weighted by molar-refractivity contribution is 6.31. The van der Waals surface area contributed by atoms with Crippen molar-refractivity contribution in [3.63, 3.8) is 0 Å². The van der Waals surface area contributed by atoms with Crippen LogP contribution < -0.4 is 5.73 Å². The summed E-state index contributed by atoms with van der Waals surface area (Å²) < 4.78 is 5.42. The van der Waals surface area contributed by atoms with Crippen molar-refractivity contribution in [1.29, 1.82) is 0 Å². The minimum absolute atomic E-state index is 0.00217. The van der Waals surface area contributed by atoms with Gasteiger partial charge in [0.1, 0.15) is 5.60 Å². The number of benzene rings is 1. The summed E-state index contributed by atoms with van der Waals surface area (Å²) in [4.78, 5) is 13.9. The monoisotopic (exact) mass is 298 g/mol. The number of nitrogens with two attached hydrogens (primary N) is 1. The quantitative estimate of drug-likeness (QED) is 0.856. The summed E-state index contributed by atoms with van der Waals surface area (Å²) in [6.07, 6.45) is -0.356. The van der Waals surface area contributed by atoms with E-state index in [-0.39, 0.29) is 12.1 Å². The molecule has 0 bridgehead atoms. The van der Waals surface area contributed by atoms with Gasteiger partial charge in [-0.1, -0.05) is 11.6 Å². The number of halogens is 1. The summed E-state index contributed by atoms with van der Waals surface area (Å²) in [6, 6.07) is 5.25. The predicted molar refractivity (Wildman–Crippen MR) is 82.8 cm³/mol. The molecule has 4 nitrogen and oxygen atoms in total. The molecule has 20 heavy (non-hydrogen) atoms. The Morgan fingerprint density at radius 1 is 1.40 bits per heavy atom. The fourth-order valence-corrected chi connectivity index (χ4v) is 1.86. The van der Waals surface area contributed by atoms with Crippen LogP contribution in [0.2, 0.25) is 5.02 Å². The van der Waals surface area contributed by atoms with Gasteiger partial charge in [0.05, 0.1) is 6.54 Å². The highest BCUT2D eigenvalue weighted by atomic mass is 35.5. The molecule has 1 aromatic rings. The summed E-state index contributed by atoms with van der Waals surface area (Å²) in [5.41, 5.74) is 6.67. The molecule has 0 saturated heterocycles. The highest BCUT2D eigenvalue weighted by Gasteiger charge is 2.24. The zero-order chi connectivity index (χ0) is 15.5. The van der Waals surface area contributed by atoms with E-state index in [4.69, 9.17) is 22.1 Å². The molecule has 0 heterocycles. The Morgan fingerprint density at radius 2 is 2.00 bits per heavy atom. The van der Waals surface area contributed by atoms with E-state index in [1.807, 2.05) is 34.6 Å². The maximum absolute atomic E-state index is 12.2. The Bertz CT molecular complexity index is 481. The third-order valence-corrected chi connectivity index (χ3v) is 3.03. The number of hydrogen-bond donors (Lipinski definition) is 1. The maximum atomic E-state index is 12.2. The number of nitrogens with zero attached hydrogens (tertiary/aromatic N) is 1. The van der Waals surface area contributed by atoms with Gasteiger partial charge in [0.25, 0.3) is 0 Å². The zero-order valence-corrected chi connectivity index (χ0v) is 13.5. The third-order valence-electron chi connectivity index (χ3n) is 2.66. The second kappa shape index (κ2) is 6.35. The van der Waals surface area contributed by atoms with Crippen LogP contribution in [-0.4, -0.2) is 22.6 Å². The molecule has 0 saturated carbocycles. The molecule has 0 aromatic heterocycles. The molecular weight excluding hydrogens is 276 g/mol. The first-order chi connectivity index (χ1) is 9.10. The topological polar surface area (TPSA) is 55.6 Å². The van der Waals surface area contributed by atoms with E-state index >= 15 is 0 Å². The Kier molecular flexibility index (Phi) is 5.28. The van der Waals surface area contributed by atoms with Crippen molar-refractivity contribution in [2.24, 2.45) is 0 Å². The van der Waals surface area contributed by atoms with E-state index in [0.717, 1.165) is 5.56 Å². The molecule has 112 valence electrons. The van der Waals surface area contributed by atoms with E-state index in [0.29, 0.717) is 17.3 Å². The van der Waals surface area contributed by atoms with Crippen LogP contribution in [0.4, 0.5) is 10.5 Å². The normalized spacial score (nSPS) is 11.6. The number of anilines is 1. The number of rotatable bonds is 3. The van der Waals surface area contributed by atoms with E-state index in [1.165, 1.54) is 0 Å². The van der Waals surface area contributed by atoms with E-state index < -0.39 is 5.60 Å². The lowest BCUT2D eigenvalue weighted by Crippen LogP contribution is -2.40. The molecule has 2 N–H and O–H groups in total. The molecule has 0 spiro atoms. The third kappa shape index (κ3) is 4.93. The first-order valence-corrected chi connectivity index (χ1v) is 7.01. The van der Waals surface area contributed by atoms with Gasteiger partial charge in [-0.25, -0.2) is 4.79 Å². The molecule has 0 atom stereocenters. The standard InChI is InChI=1S/C15H23ClN2O2/c1-10(2)18(14(19)20-15(3,4)5)9-11-8-12(17)6-7-13(11)16/h6-8,10H,9,17H2,1-5H3. The molecule has 0 fully saturated rings. The molecule has 1 amide bonds.